The van der Waals surface area contributed by atoms with Crippen molar-refractivity contribution in [2.75, 3.05) is 5.73 Å². The molecule has 0 spiro atoms. The fourth-order valence-electron chi connectivity index (χ4n) is 3.51. The van der Waals surface area contributed by atoms with Crippen LogP contribution in [-0.4, -0.2) is 5.91 Å². The van der Waals surface area contributed by atoms with E-state index in [1.807, 2.05) is 18.2 Å². The Morgan fingerprint density at radius 3 is 2.40 bits per heavy atom. The average molecular weight is 363 g/mol. The minimum absolute atomic E-state index is 0. The lowest BCUT2D eigenvalue weighted by Crippen LogP contribution is -2.34. The van der Waals surface area contributed by atoms with Gasteiger partial charge in [-0.05, 0) is 42.5 Å². The van der Waals surface area contributed by atoms with Crippen molar-refractivity contribution in [3.8, 4) is 0 Å². The number of nitrogens with two attached hydrogens (primary N) is 1. The first kappa shape index (κ1) is 19.3. The molecule has 0 saturated heterocycles. The highest BCUT2D eigenvalue weighted by molar-refractivity contribution is 5.85. The SMILES string of the molecule is Cl.Nc1ccc(CC(=O)NC(c2ccccc2F)C2CCCC2)cc1. The number of carbonyl (C=O) groups is 1. The summed E-state index contributed by atoms with van der Waals surface area (Å²) in [6, 6.07) is 13.8. The van der Waals surface area contributed by atoms with Crippen LogP contribution >= 0.6 is 12.4 Å². The summed E-state index contributed by atoms with van der Waals surface area (Å²) in [5.41, 5.74) is 7.84. The van der Waals surface area contributed by atoms with E-state index in [-0.39, 0.29) is 36.6 Å². The van der Waals surface area contributed by atoms with Crippen molar-refractivity contribution in [1.29, 1.82) is 0 Å². The molecule has 1 saturated carbocycles. The number of benzene rings is 2. The Bertz CT molecular complexity index is 699. The number of hydrogen-bond donors (Lipinski definition) is 2. The zero-order valence-electron chi connectivity index (χ0n) is 14.1. The Balaban J connectivity index is 0.00000225. The molecular weight excluding hydrogens is 339 g/mol. The highest BCUT2D eigenvalue weighted by Crippen LogP contribution is 2.36. The molecule has 1 unspecified atom stereocenters. The van der Waals surface area contributed by atoms with Crippen LogP contribution in [0.1, 0.15) is 42.9 Å². The molecule has 0 bridgehead atoms. The van der Waals surface area contributed by atoms with Crippen molar-refractivity contribution in [3.05, 3.63) is 65.5 Å². The number of rotatable bonds is 5. The molecule has 3 nitrogen and oxygen atoms in total. The first-order valence-corrected chi connectivity index (χ1v) is 8.51. The van der Waals surface area contributed by atoms with E-state index < -0.39 is 0 Å². The molecule has 3 rings (SSSR count). The Labute approximate surface area is 154 Å². The maximum atomic E-state index is 14.2. The lowest BCUT2D eigenvalue weighted by Gasteiger charge is -2.25. The highest BCUT2D eigenvalue weighted by atomic mass is 35.5. The van der Waals surface area contributed by atoms with Gasteiger partial charge in [-0.15, -0.1) is 12.4 Å². The molecule has 1 atom stereocenters. The van der Waals surface area contributed by atoms with Gasteiger partial charge in [0.25, 0.3) is 0 Å². The summed E-state index contributed by atoms with van der Waals surface area (Å²) in [5.74, 6) is -0.0284. The number of nitrogen functional groups attached to an aromatic ring is 1. The minimum Gasteiger partial charge on any atom is -0.399 e. The maximum absolute atomic E-state index is 14.2. The number of carbonyl (C=O) groups excluding carboxylic acids is 1. The summed E-state index contributed by atoms with van der Waals surface area (Å²) in [5, 5.41) is 3.07. The smallest absolute Gasteiger partial charge is 0.224 e. The Kier molecular flexibility index (Phi) is 6.82. The van der Waals surface area contributed by atoms with E-state index in [1.165, 1.54) is 6.07 Å². The molecule has 0 radical (unpaired) electrons. The molecule has 0 aliphatic heterocycles. The van der Waals surface area contributed by atoms with Gasteiger partial charge >= 0.3 is 0 Å². The summed E-state index contributed by atoms with van der Waals surface area (Å²) in [7, 11) is 0. The molecule has 1 aliphatic rings. The van der Waals surface area contributed by atoms with E-state index in [9.17, 15) is 9.18 Å². The Morgan fingerprint density at radius 1 is 1.12 bits per heavy atom. The molecule has 1 amide bonds. The largest absolute Gasteiger partial charge is 0.399 e. The molecule has 1 aliphatic carbocycles. The van der Waals surface area contributed by atoms with E-state index in [1.54, 1.807) is 24.3 Å². The molecule has 1 fully saturated rings. The fourth-order valence-corrected chi connectivity index (χ4v) is 3.51. The molecular formula is C20H24ClFN2O. The zero-order chi connectivity index (χ0) is 16.9. The third-order valence-corrected chi connectivity index (χ3v) is 4.77. The van der Waals surface area contributed by atoms with Crippen LogP contribution in [0.3, 0.4) is 0 Å². The predicted molar refractivity (Wildman–Crippen MR) is 101 cm³/mol. The van der Waals surface area contributed by atoms with Gasteiger partial charge < -0.3 is 11.1 Å². The first-order chi connectivity index (χ1) is 11.6. The second-order valence-corrected chi connectivity index (χ2v) is 6.53. The molecule has 25 heavy (non-hydrogen) atoms. The van der Waals surface area contributed by atoms with Crippen LogP contribution in [0.2, 0.25) is 0 Å². The Morgan fingerprint density at radius 2 is 1.76 bits per heavy atom. The Hall–Kier alpha value is -2.07. The van der Waals surface area contributed by atoms with Gasteiger partial charge in [0.15, 0.2) is 0 Å². The summed E-state index contributed by atoms with van der Waals surface area (Å²) >= 11 is 0. The van der Waals surface area contributed by atoms with Crippen molar-refractivity contribution in [2.24, 2.45) is 5.92 Å². The van der Waals surface area contributed by atoms with Crippen molar-refractivity contribution in [1.82, 2.24) is 5.32 Å². The molecule has 0 heterocycles. The number of hydrogen-bond acceptors (Lipinski definition) is 2. The van der Waals surface area contributed by atoms with Crippen LogP contribution in [0.25, 0.3) is 0 Å². The third-order valence-electron chi connectivity index (χ3n) is 4.77. The molecule has 5 heteroatoms. The molecule has 2 aromatic carbocycles. The van der Waals surface area contributed by atoms with Crippen LogP contribution < -0.4 is 11.1 Å². The summed E-state index contributed by atoms with van der Waals surface area (Å²) in [6.07, 6.45) is 4.62. The van der Waals surface area contributed by atoms with Gasteiger partial charge in [-0.3, -0.25) is 4.79 Å². The molecule has 0 aromatic heterocycles. The van der Waals surface area contributed by atoms with Crippen LogP contribution in [0, 0.1) is 11.7 Å². The number of nitrogens with one attached hydrogen (secondary N) is 1. The van der Waals surface area contributed by atoms with Crippen LogP contribution in [0.5, 0.6) is 0 Å². The summed E-state index contributed by atoms with van der Waals surface area (Å²) in [6.45, 7) is 0. The minimum atomic E-state index is -0.255. The summed E-state index contributed by atoms with van der Waals surface area (Å²) in [4.78, 5) is 12.5. The van der Waals surface area contributed by atoms with Gasteiger partial charge in [-0.25, -0.2) is 4.39 Å². The standard InChI is InChI=1S/C20H23FN2O.ClH/c21-18-8-4-3-7-17(18)20(15-5-1-2-6-15)23-19(24)13-14-9-11-16(22)12-10-14;/h3-4,7-12,15,20H,1-2,5-6,13,22H2,(H,23,24);1H. The fraction of sp³-hybridized carbons (Fsp3) is 0.350. The number of halogens is 2. The maximum Gasteiger partial charge on any atom is 0.224 e. The number of amides is 1. The van der Waals surface area contributed by atoms with Gasteiger partial charge in [-0.2, -0.15) is 0 Å². The van der Waals surface area contributed by atoms with Gasteiger partial charge in [0.05, 0.1) is 12.5 Å². The topological polar surface area (TPSA) is 55.1 Å². The average Bonchev–Trinajstić information content (AvgIpc) is 3.10. The van der Waals surface area contributed by atoms with Crippen molar-refractivity contribution in [2.45, 2.75) is 38.1 Å². The van der Waals surface area contributed by atoms with Gasteiger partial charge in [0, 0.05) is 11.3 Å². The van der Waals surface area contributed by atoms with E-state index in [4.69, 9.17) is 5.73 Å². The predicted octanol–water partition coefficient (Wildman–Crippen LogP) is 4.42. The van der Waals surface area contributed by atoms with Crippen LogP contribution in [0.4, 0.5) is 10.1 Å². The summed E-state index contributed by atoms with van der Waals surface area (Å²) < 4.78 is 14.2. The second-order valence-electron chi connectivity index (χ2n) is 6.53. The highest BCUT2D eigenvalue weighted by Gasteiger charge is 2.29. The monoisotopic (exact) mass is 362 g/mol. The molecule has 2 aromatic rings. The third kappa shape index (κ3) is 4.95. The van der Waals surface area contributed by atoms with Crippen molar-refractivity contribution in [3.63, 3.8) is 0 Å². The molecule has 3 N–H and O–H groups in total. The van der Waals surface area contributed by atoms with Crippen LogP contribution in [-0.2, 0) is 11.2 Å². The van der Waals surface area contributed by atoms with E-state index >= 15 is 0 Å². The normalized spacial score (nSPS) is 15.4. The molecule has 134 valence electrons. The van der Waals surface area contributed by atoms with Crippen molar-refractivity contribution >= 4 is 24.0 Å². The van der Waals surface area contributed by atoms with Crippen molar-refractivity contribution < 1.29 is 9.18 Å². The lowest BCUT2D eigenvalue weighted by atomic mass is 9.91. The van der Waals surface area contributed by atoms with Gasteiger partial charge in [0.2, 0.25) is 5.91 Å². The van der Waals surface area contributed by atoms with Gasteiger partial charge in [-0.1, -0.05) is 43.2 Å². The number of anilines is 1. The van der Waals surface area contributed by atoms with E-state index in [0.29, 0.717) is 17.2 Å². The van der Waals surface area contributed by atoms with E-state index in [0.717, 1.165) is 31.2 Å². The second kappa shape index (κ2) is 8.86. The van der Waals surface area contributed by atoms with Gasteiger partial charge in [0.1, 0.15) is 5.82 Å². The van der Waals surface area contributed by atoms with E-state index in [2.05, 4.69) is 5.32 Å². The quantitative estimate of drug-likeness (QED) is 0.773. The lowest BCUT2D eigenvalue weighted by molar-refractivity contribution is -0.121. The zero-order valence-corrected chi connectivity index (χ0v) is 14.9. The first-order valence-electron chi connectivity index (χ1n) is 8.51. The van der Waals surface area contributed by atoms with Crippen LogP contribution in [0.15, 0.2) is 48.5 Å².